The fraction of sp³-hybridized carbons (Fsp3) is 0.250. The average molecular weight is 203 g/mol. The lowest BCUT2D eigenvalue weighted by molar-refractivity contribution is 0.809. The van der Waals surface area contributed by atoms with E-state index in [0.717, 1.165) is 24.1 Å². The van der Waals surface area contributed by atoms with Crippen LogP contribution in [0.2, 0.25) is 0 Å². The van der Waals surface area contributed by atoms with Crippen molar-refractivity contribution in [3.05, 3.63) is 41.5 Å². The molecule has 0 radical (unpaired) electrons. The van der Waals surface area contributed by atoms with Gasteiger partial charge in [-0.1, -0.05) is 36.4 Å². The van der Waals surface area contributed by atoms with Crippen molar-refractivity contribution in [1.82, 2.24) is 5.32 Å². The molecule has 3 heteroatoms. The zero-order valence-electron chi connectivity index (χ0n) is 8.96. The lowest BCUT2D eigenvalue weighted by Crippen LogP contribution is -2.10. The Hall–Kier alpha value is -1.61. The first-order valence-corrected chi connectivity index (χ1v) is 4.99. The number of amidine groups is 1. The molecule has 1 aromatic rings. The van der Waals surface area contributed by atoms with E-state index in [1.54, 1.807) is 0 Å². The van der Waals surface area contributed by atoms with Gasteiger partial charge in [-0.05, 0) is 25.6 Å². The Bertz CT molecular complexity index is 338. The zero-order valence-corrected chi connectivity index (χ0v) is 8.96. The quantitative estimate of drug-likeness (QED) is 0.386. The Morgan fingerprint density at radius 3 is 2.60 bits per heavy atom. The normalized spacial score (nSPS) is 10.7. The maximum Gasteiger partial charge on any atom is 0.122 e. The molecule has 15 heavy (non-hydrogen) atoms. The van der Waals surface area contributed by atoms with Crippen LogP contribution in [0, 0.1) is 5.41 Å². The molecule has 0 aromatic heterocycles. The van der Waals surface area contributed by atoms with Crippen LogP contribution in [0.15, 0.2) is 30.3 Å². The van der Waals surface area contributed by atoms with Gasteiger partial charge in [0.25, 0.3) is 0 Å². The van der Waals surface area contributed by atoms with Crippen molar-refractivity contribution in [1.29, 1.82) is 5.41 Å². The van der Waals surface area contributed by atoms with E-state index in [2.05, 4.69) is 17.5 Å². The van der Waals surface area contributed by atoms with E-state index in [4.69, 9.17) is 11.1 Å². The van der Waals surface area contributed by atoms with Crippen molar-refractivity contribution in [3.8, 4) is 0 Å². The summed E-state index contributed by atoms with van der Waals surface area (Å²) in [5.41, 5.74) is 7.26. The third-order valence-electron chi connectivity index (χ3n) is 2.09. The molecule has 1 aromatic carbocycles. The fourth-order valence-corrected chi connectivity index (χ4v) is 1.22. The predicted octanol–water partition coefficient (Wildman–Crippen LogP) is 1.59. The van der Waals surface area contributed by atoms with Crippen LogP contribution in [0.1, 0.15) is 17.5 Å². The Morgan fingerprint density at radius 1 is 1.40 bits per heavy atom. The first kappa shape index (κ1) is 11.5. The molecule has 0 saturated carbocycles. The van der Waals surface area contributed by atoms with Crippen molar-refractivity contribution >= 4 is 11.9 Å². The molecule has 0 unspecified atom stereocenters. The van der Waals surface area contributed by atoms with Crippen LogP contribution in [0.25, 0.3) is 6.08 Å². The van der Waals surface area contributed by atoms with E-state index in [9.17, 15) is 0 Å². The molecule has 80 valence electrons. The van der Waals surface area contributed by atoms with Gasteiger partial charge in [0.1, 0.15) is 5.84 Å². The van der Waals surface area contributed by atoms with E-state index >= 15 is 0 Å². The van der Waals surface area contributed by atoms with E-state index in [0.29, 0.717) is 0 Å². The number of rotatable bonds is 5. The Morgan fingerprint density at radius 2 is 2.07 bits per heavy atom. The summed E-state index contributed by atoms with van der Waals surface area (Å²) in [4.78, 5) is 0. The SMILES string of the molecule is CNCCC=Cc1ccc(C(=N)N)cc1. The van der Waals surface area contributed by atoms with Crippen LogP contribution in [0.4, 0.5) is 0 Å². The molecule has 0 amide bonds. The molecule has 4 N–H and O–H groups in total. The Kier molecular flexibility index (Phi) is 4.57. The van der Waals surface area contributed by atoms with Gasteiger partial charge >= 0.3 is 0 Å². The maximum atomic E-state index is 7.25. The smallest absolute Gasteiger partial charge is 0.122 e. The van der Waals surface area contributed by atoms with E-state index in [1.165, 1.54) is 0 Å². The van der Waals surface area contributed by atoms with E-state index < -0.39 is 0 Å². The highest BCUT2D eigenvalue weighted by atomic mass is 14.8. The van der Waals surface area contributed by atoms with Crippen LogP contribution in [-0.4, -0.2) is 19.4 Å². The summed E-state index contributed by atoms with van der Waals surface area (Å²) in [5, 5.41) is 10.3. The van der Waals surface area contributed by atoms with Gasteiger partial charge in [0.05, 0.1) is 0 Å². The third-order valence-corrected chi connectivity index (χ3v) is 2.09. The van der Waals surface area contributed by atoms with Gasteiger partial charge in [-0.2, -0.15) is 0 Å². The maximum absolute atomic E-state index is 7.25. The van der Waals surface area contributed by atoms with Gasteiger partial charge in [0.15, 0.2) is 0 Å². The Balaban J connectivity index is 2.56. The molecule has 0 aliphatic carbocycles. The molecule has 0 saturated heterocycles. The van der Waals surface area contributed by atoms with Gasteiger partial charge in [0, 0.05) is 5.56 Å². The molecular formula is C12H17N3. The van der Waals surface area contributed by atoms with Crippen molar-refractivity contribution < 1.29 is 0 Å². The molecule has 1 rings (SSSR count). The molecule has 0 aliphatic rings. The number of nitrogens with one attached hydrogen (secondary N) is 2. The number of hydrogen-bond acceptors (Lipinski definition) is 2. The summed E-state index contributed by atoms with van der Waals surface area (Å²) in [6.45, 7) is 0.988. The van der Waals surface area contributed by atoms with E-state index in [1.807, 2.05) is 31.3 Å². The fourth-order valence-electron chi connectivity index (χ4n) is 1.22. The molecule has 0 spiro atoms. The van der Waals surface area contributed by atoms with Crippen LogP contribution in [0.3, 0.4) is 0 Å². The summed E-state index contributed by atoms with van der Waals surface area (Å²) < 4.78 is 0. The van der Waals surface area contributed by atoms with Crippen LogP contribution < -0.4 is 11.1 Å². The molecular weight excluding hydrogens is 186 g/mol. The second-order valence-corrected chi connectivity index (χ2v) is 3.33. The van der Waals surface area contributed by atoms with Crippen molar-refractivity contribution in [2.75, 3.05) is 13.6 Å². The van der Waals surface area contributed by atoms with Gasteiger partial charge < -0.3 is 11.1 Å². The van der Waals surface area contributed by atoms with Crippen LogP contribution >= 0.6 is 0 Å². The molecule has 3 nitrogen and oxygen atoms in total. The summed E-state index contributed by atoms with van der Waals surface area (Å²) in [7, 11) is 1.94. The first-order valence-electron chi connectivity index (χ1n) is 4.99. The average Bonchev–Trinajstić information content (AvgIpc) is 2.25. The van der Waals surface area contributed by atoms with Crippen LogP contribution in [0.5, 0.6) is 0 Å². The third kappa shape index (κ3) is 3.95. The second kappa shape index (κ2) is 5.98. The monoisotopic (exact) mass is 203 g/mol. The second-order valence-electron chi connectivity index (χ2n) is 3.33. The number of benzene rings is 1. The summed E-state index contributed by atoms with van der Waals surface area (Å²) in [5.74, 6) is 0.112. The highest BCUT2D eigenvalue weighted by molar-refractivity contribution is 5.95. The van der Waals surface area contributed by atoms with Gasteiger partial charge in [-0.3, -0.25) is 5.41 Å². The first-order chi connectivity index (χ1) is 7.24. The molecule has 0 bridgehead atoms. The van der Waals surface area contributed by atoms with E-state index in [-0.39, 0.29) is 5.84 Å². The zero-order chi connectivity index (χ0) is 11.1. The van der Waals surface area contributed by atoms with Gasteiger partial charge in [0.2, 0.25) is 0 Å². The molecule has 0 fully saturated rings. The summed E-state index contributed by atoms with van der Waals surface area (Å²) in [6.07, 6.45) is 5.21. The minimum absolute atomic E-state index is 0.112. The molecule has 0 heterocycles. The largest absolute Gasteiger partial charge is 0.384 e. The molecule has 0 atom stereocenters. The summed E-state index contributed by atoms with van der Waals surface area (Å²) >= 11 is 0. The minimum atomic E-state index is 0.112. The highest BCUT2D eigenvalue weighted by Gasteiger charge is 1.93. The van der Waals surface area contributed by atoms with Crippen LogP contribution in [-0.2, 0) is 0 Å². The topological polar surface area (TPSA) is 61.9 Å². The molecule has 0 aliphatic heterocycles. The predicted molar refractivity (Wildman–Crippen MR) is 65.0 cm³/mol. The number of nitrogen functional groups attached to an aromatic ring is 1. The highest BCUT2D eigenvalue weighted by Crippen LogP contribution is 2.05. The van der Waals surface area contributed by atoms with Crippen molar-refractivity contribution in [2.45, 2.75) is 6.42 Å². The lowest BCUT2D eigenvalue weighted by Gasteiger charge is -1.98. The number of nitrogens with two attached hydrogens (primary N) is 1. The standard InChI is InChI=1S/C12H17N3/c1-15-9-3-2-4-10-5-7-11(8-6-10)12(13)14/h2,4-8,15H,3,9H2,1H3,(H3,13,14). The lowest BCUT2D eigenvalue weighted by atomic mass is 10.1. The van der Waals surface area contributed by atoms with Gasteiger partial charge in [-0.25, -0.2) is 0 Å². The van der Waals surface area contributed by atoms with Crippen molar-refractivity contribution in [2.24, 2.45) is 5.73 Å². The summed E-state index contributed by atoms with van der Waals surface area (Å²) in [6, 6.07) is 7.65. The Labute approximate surface area is 90.5 Å². The minimum Gasteiger partial charge on any atom is -0.384 e. The van der Waals surface area contributed by atoms with Crippen molar-refractivity contribution in [3.63, 3.8) is 0 Å². The van der Waals surface area contributed by atoms with Gasteiger partial charge in [-0.15, -0.1) is 0 Å². The number of hydrogen-bond donors (Lipinski definition) is 3.